The van der Waals surface area contributed by atoms with Crippen molar-refractivity contribution in [2.24, 2.45) is 5.92 Å². The molecule has 0 bridgehead atoms. The third kappa shape index (κ3) is 4.24. The highest BCUT2D eigenvalue weighted by Crippen LogP contribution is 2.17. The van der Waals surface area contributed by atoms with Crippen molar-refractivity contribution in [3.05, 3.63) is 28.8 Å². The van der Waals surface area contributed by atoms with E-state index >= 15 is 0 Å². The van der Waals surface area contributed by atoms with Crippen molar-refractivity contribution in [2.45, 2.75) is 13.3 Å². The van der Waals surface area contributed by atoms with Gasteiger partial charge in [-0.25, -0.2) is 0 Å². The molecule has 1 aromatic rings. The molecule has 0 fully saturated rings. The number of hydrogen-bond donors (Lipinski definition) is 3. The molecule has 1 amide bonds. The van der Waals surface area contributed by atoms with Crippen LogP contribution in [0.3, 0.4) is 0 Å². The molecule has 0 aliphatic rings. The van der Waals surface area contributed by atoms with Crippen molar-refractivity contribution in [2.75, 3.05) is 18.9 Å². The third-order valence-corrected chi connectivity index (χ3v) is 2.73. The Hall–Kier alpha value is -1.26. The number of anilines is 1. The van der Waals surface area contributed by atoms with Gasteiger partial charge in [-0.3, -0.25) is 4.79 Å². The van der Waals surface area contributed by atoms with Gasteiger partial charge in [0.1, 0.15) is 0 Å². The minimum atomic E-state index is -0.219. The van der Waals surface area contributed by atoms with Crippen LogP contribution in [-0.4, -0.2) is 24.2 Å². The summed E-state index contributed by atoms with van der Waals surface area (Å²) in [5.74, 6) is 0.0152. The van der Waals surface area contributed by atoms with Gasteiger partial charge in [-0.2, -0.15) is 0 Å². The van der Waals surface area contributed by atoms with Crippen LogP contribution in [0.4, 0.5) is 5.69 Å². The van der Waals surface area contributed by atoms with Crippen molar-refractivity contribution in [3.63, 3.8) is 0 Å². The van der Waals surface area contributed by atoms with E-state index in [2.05, 4.69) is 5.32 Å². The lowest BCUT2D eigenvalue weighted by atomic mass is 10.1. The normalized spacial score (nSPS) is 12.2. The molecular formula is C12H17ClN2O2. The van der Waals surface area contributed by atoms with Crippen molar-refractivity contribution < 1.29 is 9.90 Å². The molecule has 94 valence electrons. The van der Waals surface area contributed by atoms with Crippen LogP contribution in [0, 0.1) is 5.92 Å². The first-order valence-electron chi connectivity index (χ1n) is 5.48. The second-order valence-electron chi connectivity index (χ2n) is 4.06. The number of carbonyl (C=O) groups excluding carboxylic acids is 1. The number of carbonyl (C=O) groups is 1. The number of benzene rings is 1. The number of rotatable bonds is 5. The molecule has 0 spiro atoms. The standard InChI is InChI=1S/C12H17ClN2O2/c1-8(4-5-16)7-15-12(17)10-3-2-9(13)6-11(10)14/h2-3,6,8,16H,4-5,7,14H2,1H3,(H,15,17). The summed E-state index contributed by atoms with van der Waals surface area (Å²) in [7, 11) is 0. The molecule has 0 radical (unpaired) electrons. The maximum Gasteiger partial charge on any atom is 0.253 e. The second kappa shape index (κ2) is 6.47. The van der Waals surface area contributed by atoms with E-state index in [0.29, 0.717) is 29.2 Å². The maximum atomic E-state index is 11.8. The number of nitrogens with two attached hydrogens (primary N) is 1. The molecule has 0 saturated carbocycles. The molecule has 1 aromatic carbocycles. The number of aliphatic hydroxyl groups excluding tert-OH is 1. The Morgan fingerprint density at radius 2 is 2.29 bits per heavy atom. The monoisotopic (exact) mass is 256 g/mol. The zero-order valence-corrected chi connectivity index (χ0v) is 10.5. The lowest BCUT2D eigenvalue weighted by molar-refractivity contribution is 0.0946. The number of amides is 1. The predicted octanol–water partition coefficient (Wildman–Crippen LogP) is 1.67. The summed E-state index contributed by atoms with van der Waals surface area (Å²) < 4.78 is 0. The summed E-state index contributed by atoms with van der Waals surface area (Å²) in [4.78, 5) is 11.8. The van der Waals surface area contributed by atoms with Gasteiger partial charge in [0.25, 0.3) is 5.91 Å². The largest absolute Gasteiger partial charge is 0.398 e. The summed E-state index contributed by atoms with van der Waals surface area (Å²) in [5, 5.41) is 12.0. The van der Waals surface area contributed by atoms with E-state index in [0.717, 1.165) is 0 Å². The first-order chi connectivity index (χ1) is 8.04. The fourth-order valence-electron chi connectivity index (χ4n) is 1.42. The second-order valence-corrected chi connectivity index (χ2v) is 4.50. The van der Waals surface area contributed by atoms with Crippen LogP contribution >= 0.6 is 11.6 Å². The van der Waals surface area contributed by atoms with Gasteiger partial charge in [-0.15, -0.1) is 0 Å². The molecule has 1 rings (SSSR count). The minimum Gasteiger partial charge on any atom is -0.398 e. The average molecular weight is 257 g/mol. The Bertz CT molecular complexity index is 396. The van der Waals surface area contributed by atoms with Crippen LogP contribution in [-0.2, 0) is 0 Å². The van der Waals surface area contributed by atoms with Gasteiger partial charge in [0.05, 0.1) is 5.56 Å². The average Bonchev–Trinajstić information content (AvgIpc) is 2.26. The SMILES string of the molecule is CC(CCO)CNC(=O)c1ccc(Cl)cc1N. The van der Waals surface area contributed by atoms with Crippen molar-refractivity contribution in [3.8, 4) is 0 Å². The molecule has 5 heteroatoms. The van der Waals surface area contributed by atoms with Gasteiger partial charge in [-0.05, 0) is 30.5 Å². The van der Waals surface area contributed by atoms with Crippen molar-refractivity contribution >= 4 is 23.2 Å². The van der Waals surface area contributed by atoms with Crippen LogP contribution in [0.15, 0.2) is 18.2 Å². The first-order valence-corrected chi connectivity index (χ1v) is 5.86. The van der Waals surface area contributed by atoms with Gasteiger partial charge < -0.3 is 16.2 Å². The van der Waals surface area contributed by atoms with E-state index < -0.39 is 0 Å². The molecule has 0 heterocycles. The Labute approximate surface area is 106 Å². The first kappa shape index (κ1) is 13.8. The van der Waals surface area contributed by atoms with E-state index in [-0.39, 0.29) is 18.4 Å². The Morgan fingerprint density at radius 1 is 1.59 bits per heavy atom. The fraction of sp³-hybridized carbons (Fsp3) is 0.417. The molecule has 0 saturated heterocycles. The van der Waals surface area contributed by atoms with Gasteiger partial charge >= 0.3 is 0 Å². The number of nitrogens with one attached hydrogen (secondary N) is 1. The summed E-state index contributed by atoms with van der Waals surface area (Å²) in [6.45, 7) is 2.60. The molecular weight excluding hydrogens is 240 g/mol. The predicted molar refractivity (Wildman–Crippen MR) is 69.1 cm³/mol. The summed E-state index contributed by atoms with van der Waals surface area (Å²) in [5.41, 5.74) is 6.49. The summed E-state index contributed by atoms with van der Waals surface area (Å²) in [6.07, 6.45) is 0.663. The van der Waals surface area contributed by atoms with Crippen LogP contribution in [0.1, 0.15) is 23.7 Å². The zero-order chi connectivity index (χ0) is 12.8. The van der Waals surface area contributed by atoms with Crippen LogP contribution in [0.25, 0.3) is 0 Å². The molecule has 4 N–H and O–H groups in total. The molecule has 0 aromatic heterocycles. The molecule has 0 aliphatic carbocycles. The molecule has 0 aliphatic heterocycles. The van der Waals surface area contributed by atoms with E-state index in [1.807, 2.05) is 6.92 Å². The van der Waals surface area contributed by atoms with Crippen molar-refractivity contribution in [1.29, 1.82) is 0 Å². The number of nitrogen functional groups attached to an aromatic ring is 1. The Kier molecular flexibility index (Phi) is 5.25. The van der Waals surface area contributed by atoms with Gasteiger partial charge in [0.2, 0.25) is 0 Å². The topological polar surface area (TPSA) is 75.3 Å². The highest BCUT2D eigenvalue weighted by molar-refractivity contribution is 6.31. The van der Waals surface area contributed by atoms with Gasteiger partial charge in [0, 0.05) is 23.9 Å². The fourth-order valence-corrected chi connectivity index (χ4v) is 1.61. The highest BCUT2D eigenvalue weighted by Gasteiger charge is 2.10. The van der Waals surface area contributed by atoms with Crippen LogP contribution in [0.2, 0.25) is 5.02 Å². The summed E-state index contributed by atoms with van der Waals surface area (Å²) >= 11 is 5.75. The van der Waals surface area contributed by atoms with E-state index in [1.165, 1.54) is 0 Å². The lowest BCUT2D eigenvalue weighted by Gasteiger charge is -2.12. The van der Waals surface area contributed by atoms with Gasteiger partial charge in [0.15, 0.2) is 0 Å². The molecule has 4 nitrogen and oxygen atoms in total. The highest BCUT2D eigenvalue weighted by atomic mass is 35.5. The summed E-state index contributed by atoms with van der Waals surface area (Å²) in [6, 6.07) is 4.78. The van der Waals surface area contributed by atoms with Gasteiger partial charge in [-0.1, -0.05) is 18.5 Å². The molecule has 1 atom stereocenters. The molecule has 17 heavy (non-hydrogen) atoms. The molecule has 1 unspecified atom stereocenters. The Morgan fingerprint density at radius 3 is 2.88 bits per heavy atom. The van der Waals surface area contributed by atoms with E-state index in [9.17, 15) is 4.79 Å². The number of aliphatic hydroxyl groups is 1. The maximum absolute atomic E-state index is 11.8. The quantitative estimate of drug-likeness (QED) is 0.702. The smallest absolute Gasteiger partial charge is 0.253 e. The number of hydrogen-bond acceptors (Lipinski definition) is 3. The number of halogens is 1. The Balaban J connectivity index is 2.58. The van der Waals surface area contributed by atoms with Crippen LogP contribution in [0.5, 0.6) is 0 Å². The minimum absolute atomic E-state index is 0.125. The van der Waals surface area contributed by atoms with E-state index in [1.54, 1.807) is 18.2 Å². The zero-order valence-electron chi connectivity index (χ0n) is 9.74. The lowest BCUT2D eigenvalue weighted by Crippen LogP contribution is -2.29. The third-order valence-electron chi connectivity index (χ3n) is 2.49. The van der Waals surface area contributed by atoms with Crippen LogP contribution < -0.4 is 11.1 Å². The van der Waals surface area contributed by atoms with E-state index in [4.69, 9.17) is 22.4 Å². The van der Waals surface area contributed by atoms with Crippen molar-refractivity contribution in [1.82, 2.24) is 5.32 Å².